The van der Waals surface area contributed by atoms with E-state index in [2.05, 4.69) is 50.5 Å². The highest BCUT2D eigenvalue weighted by Gasteiger charge is 2.20. The molecule has 4 rings (SSSR count). The molecule has 0 saturated carbocycles. The van der Waals surface area contributed by atoms with E-state index in [-0.39, 0.29) is 11.8 Å². The van der Waals surface area contributed by atoms with E-state index in [9.17, 15) is 4.79 Å². The smallest absolute Gasteiger partial charge is 0.287 e. The maximum atomic E-state index is 12.4. The van der Waals surface area contributed by atoms with Crippen molar-refractivity contribution in [3.8, 4) is 0 Å². The number of nitrogens with one attached hydrogen (secondary N) is 2. The number of H-pyrrole nitrogens is 1. The Kier molecular flexibility index (Phi) is 4.63. The minimum absolute atomic E-state index is 0.0368. The third-order valence-electron chi connectivity index (χ3n) is 4.46. The molecule has 0 aliphatic heterocycles. The van der Waals surface area contributed by atoms with E-state index < -0.39 is 0 Å². The number of carbonyl (C=O) groups excluding carboxylic acids is 1. The predicted molar refractivity (Wildman–Crippen MR) is 105 cm³/mol. The van der Waals surface area contributed by atoms with Crippen LogP contribution in [0.15, 0.2) is 82.0 Å². The maximum Gasteiger partial charge on any atom is 0.287 e. The van der Waals surface area contributed by atoms with Crippen LogP contribution in [-0.2, 0) is 0 Å². The minimum Gasteiger partial charge on any atom is -0.444 e. The van der Waals surface area contributed by atoms with Gasteiger partial charge in [-0.05, 0) is 45.3 Å². The summed E-state index contributed by atoms with van der Waals surface area (Å²) in [5, 5.41) is 4.16. The van der Waals surface area contributed by atoms with Crippen LogP contribution in [-0.4, -0.2) is 17.4 Å². The van der Waals surface area contributed by atoms with Crippen molar-refractivity contribution in [3.05, 3.63) is 94.5 Å². The van der Waals surface area contributed by atoms with Crippen molar-refractivity contribution in [1.82, 2.24) is 10.3 Å². The number of hydrogen-bond donors (Lipinski definition) is 2. The number of benzene rings is 2. The summed E-state index contributed by atoms with van der Waals surface area (Å²) >= 11 is 3.23. The van der Waals surface area contributed by atoms with Gasteiger partial charge in [-0.3, -0.25) is 4.79 Å². The molecule has 0 unspecified atom stereocenters. The summed E-state index contributed by atoms with van der Waals surface area (Å²) in [6.07, 6.45) is 2.03. The summed E-state index contributed by atoms with van der Waals surface area (Å²) in [5.74, 6) is 0.105. The molecule has 5 heteroatoms. The molecule has 0 radical (unpaired) electrons. The van der Waals surface area contributed by atoms with Crippen molar-refractivity contribution in [1.29, 1.82) is 0 Å². The fraction of sp³-hybridized carbons (Fsp3) is 0.0952. The van der Waals surface area contributed by atoms with Crippen LogP contribution in [0.1, 0.15) is 27.6 Å². The second kappa shape index (κ2) is 7.22. The van der Waals surface area contributed by atoms with Gasteiger partial charge in [0.1, 0.15) is 0 Å². The number of furan rings is 1. The van der Waals surface area contributed by atoms with Crippen LogP contribution < -0.4 is 5.32 Å². The monoisotopic (exact) mass is 408 g/mol. The van der Waals surface area contributed by atoms with Gasteiger partial charge in [-0.15, -0.1) is 0 Å². The van der Waals surface area contributed by atoms with Gasteiger partial charge in [0, 0.05) is 29.6 Å². The Balaban J connectivity index is 1.65. The Labute approximate surface area is 159 Å². The van der Waals surface area contributed by atoms with Gasteiger partial charge in [0.05, 0.1) is 0 Å². The first-order valence-electron chi connectivity index (χ1n) is 8.37. The molecule has 26 heavy (non-hydrogen) atoms. The third kappa shape index (κ3) is 3.30. The molecule has 2 N–H and O–H groups in total. The number of fused-ring (bicyclic) bond motifs is 1. The molecule has 0 aliphatic rings. The molecule has 0 aliphatic carbocycles. The van der Waals surface area contributed by atoms with E-state index in [1.54, 1.807) is 12.1 Å². The van der Waals surface area contributed by atoms with Crippen molar-refractivity contribution in [2.75, 3.05) is 6.54 Å². The molecule has 2 heterocycles. The predicted octanol–water partition coefficient (Wildman–Crippen LogP) is 5.09. The van der Waals surface area contributed by atoms with Crippen LogP contribution in [0.3, 0.4) is 0 Å². The van der Waals surface area contributed by atoms with Crippen LogP contribution in [0, 0.1) is 0 Å². The number of rotatable bonds is 5. The van der Waals surface area contributed by atoms with Gasteiger partial charge in [-0.1, -0.05) is 48.5 Å². The lowest BCUT2D eigenvalue weighted by molar-refractivity contribution is 0.0923. The summed E-state index contributed by atoms with van der Waals surface area (Å²) in [6, 6.07) is 21.8. The first-order chi connectivity index (χ1) is 12.7. The summed E-state index contributed by atoms with van der Waals surface area (Å²) in [7, 11) is 0. The van der Waals surface area contributed by atoms with Gasteiger partial charge in [-0.25, -0.2) is 0 Å². The van der Waals surface area contributed by atoms with Crippen molar-refractivity contribution in [2.45, 2.75) is 5.92 Å². The van der Waals surface area contributed by atoms with E-state index in [0.29, 0.717) is 17.0 Å². The Morgan fingerprint density at radius 3 is 2.58 bits per heavy atom. The van der Waals surface area contributed by atoms with Crippen LogP contribution in [0.4, 0.5) is 0 Å². The quantitative estimate of drug-likeness (QED) is 0.483. The zero-order valence-corrected chi connectivity index (χ0v) is 15.5. The van der Waals surface area contributed by atoms with Gasteiger partial charge in [0.2, 0.25) is 0 Å². The Morgan fingerprint density at radius 2 is 1.81 bits per heavy atom. The first kappa shape index (κ1) is 16.7. The highest BCUT2D eigenvalue weighted by atomic mass is 79.9. The second-order valence-electron chi connectivity index (χ2n) is 6.07. The average molecular weight is 409 g/mol. The summed E-state index contributed by atoms with van der Waals surface area (Å²) in [5.41, 5.74) is 3.40. The van der Waals surface area contributed by atoms with Gasteiger partial charge in [0.25, 0.3) is 5.91 Å². The number of para-hydroxylation sites is 1. The fourth-order valence-electron chi connectivity index (χ4n) is 3.19. The maximum absolute atomic E-state index is 12.4. The molecule has 4 nitrogen and oxygen atoms in total. The van der Waals surface area contributed by atoms with Gasteiger partial charge in [0.15, 0.2) is 10.4 Å². The van der Waals surface area contributed by atoms with Crippen molar-refractivity contribution < 1.29 is 9.21 Å². The Morgan fingerprint density at radius 1 is 1.04 bits per heavy atom. The third-order valence-corrected chi connectivity index (χ3v) is 4.89. The van der Waals surface area contributed by atoms with Crippen LogP contribution >= 0.6 is 15.9 Å². The Hall–Kier alpha value is -2.79. The van der Waals surface area contributed by atoms with E-state index in [1.165, 1.54) is 0 Å². The van der Waals surface area contributed by atoms with E-state index in [4.69, 9.17) is 4.42 Å². The number of carbonyl (C=O) groups is 1. The first-order valence-corrected chi connectivity index (χ1v) is 9.16. The standard InChI is InChI=1S/C21H17BrN2O2/c22-20-11-10-19(26-20)21(25)24-12-16(14-6-2-1-3-7-14)17-13-23-18-9-5-4-8-15(17)18/h1-11,13,16,23H,12H2,(H,24,25)/t16-/m0/s1. The largest absolute Gasteiger partial charge is 0.444 e. The highest BCUT2D eigenvalue weighted by Crippen LogP contribution is 2.30. The number of halogens is 1. The van der Waals surface area contributed by atoms with Gasteiger partial charge >= 0.3 is 0 Å². The SMILES string of the molecule is O=C(NC[C@@H](c1ccccc1)c1c[nH]c2ccccc12)c1ccc(Br)o1. The van der Waals surface area contributed by atoms with Crippen molar-refractivity contribution in [3.63, 3.8) is 0 Å². The lowest BCUT2D eigenvalue weighted by Crippen LogP contribution is -2.28. The summed E-state index contributed by atoms with van der Waals surface area (Å²) in [4.78, 5) is 15.7. The number of amides is 1. The topological polar surface area (TPSA) is 58.0 Å². The normalized spacial score (nSPS) is 12.2. The molecule has 0 spiro atoms. The molecule has 0 fully saturated rings. The lowest BCUT2D eigenvalue weighted by atomic mass is 9.91. The fourth-order valence-corrected chi connectivity index (χ4v) is 3.50. The van der Waals surface area contributed by atoms with Crippen LogP contribution in [0.5, 0.6) is 0 Å². The molecule has 2 aromatic carbocycles. The zero-order valence-electron chi connectivity index (χ0n) is 13.9. The van der Waals surface area contributed by atoms with Gasteiger partial charge in [-0.2, -0.15) is 0 Å². The molecule has 0 bridgehead atoms. The number of hydrogen-bond acceptors (Lipinski definition) is 2. The molecular formula is C21H17BrN2O2. The van der Waals surface area contributed by atoms with E-state index in [1.807, 2.05) is 36.5 Å². The zero-order chi connectivity index (χ0) is 17.9. The number of aromatic amines is 1. The van der Waals surface area contributed by atoms with E-state index >= 15 is 0 Å². The summed E-state index contributed by atoms with van der Waals surface area (Å²) < 4.78 is 5.88. The van der Waals surface area contributed by atoms with Crippen molar-refractivity contribution in [2.24, 2.45) is 0 Å². The molecule has 1 atom stereocenters. The Bertz CT molecular complexity index is 1040. The highest BCUT2D eigenvalue weighted by molar-refractivity contribution is 9.10. The van der Waals surface area contributed by atoms with Gasteiger partial charge < -0.3 is 14.7 Å². The van der Waals surface area contributed by atoms with Crippen LogP contribution in [0.2, 0.25) is 0 Å². The molecule has 130 valence electrons. The van der Waals surface area contributed by atoms with Crippen LogP contribution in [0.25, 0.3) is 10.9 Å². The average Bonchev–Trinajstić information content (AvgIpc) is 3.29. The molecule has 1 amide bonds. The molecular weight excluding hydrogens is 392 g/mol. The second-order valence-corrected chi connectivity index (χ2v) is 6.85. The minimum atomic E-state index is -0.225. The summed E-state index contributed by atoms with van der Waals surface area (Å²) in [6.45, 7) is 0.475. The molecule has 2 aromatic heterocycles. The molecule has 4 aromatic rings. The van der Waals surface area contributed by atoms with E-state index in [0.717, 1.165) is 22.0 Å². The van der Waals surface area contributed by atoms with Crippen molar-refractivity contribution >= 4 is 32.7 Å². The lowest BCUT2D eigenvalue weighted by Gasteiger charge is -2.18. The molecule has 0 saturated heterocycles. The number of aromatic nitrogens is 1.